The highest BCUT2D eigenvalue weighted by Crippen LogP contribution is 2.23. The average molecular weight is 274 g/mol. The van der Waals surface area contributed by atoms with Crippen molar-refractivity contribution in [2.45, 2.75) is 6.92 Å². The zero-order valence-corrected chi connectivity index (χ0v) is 11.2. The fourth-order valence-corrected chi connectivity index (χ4v) is 1.75. The Labute approximate surface area is 116 Å². The summed E-state index contributed by atoms with van der Waals surface area (Å²) >= 11 is 0. The lowest BCUT2D eigenvalue weighted by atomic mass is 10.2. The molecule has 0 saturated heterocycles. The minimum absolute atomic E-state index is 0.400. The Morgan fingerprint density at radius 1 is 1.10 bits per heavy atom. The SMILES string of the molecule is COc1ccccc1NC(=O)Nc1cc(F)ccc1C. The van der Waals surface area contributed by atoms with E-state index in [1.165, 1.54) is 19.2 Å². The number of carbonyl (C=O) groups is 1. The van der Waals surface area contributed by atoms with Crippen molar-refractivity contribution in [1.29, 1.82) is 0 Å². The van der Waals surface area contributed by atoms with Crippen molar-refractivity contribution in [3.8, 4) is 5.75 Å². The summed E-state index contributed by atoms with van der Waals surface area (Å²) in [5.74, 6) is 0.154. The molecule has 5 heteroatoms. The molecule has 0 aliphatic carbocycles. The van der Waals surface area contributed by atoms with Crippen LogP contribution in [0.3, 0.4) is 0 Å². The predicted molar refractivity (Wildman–Crippen MR) is 76.8 cm³/mol. The van der Waals surface area contributed by atoms with E-state index in [0.717, 1.165) is 5.56 Å². The molecule has 2 rings (SSSR count). The van der Waals surface area contributed by atoms with Crippen molar-refractivity contribution in [3.63, 3.8) is 0 Å². The first-order chi connectivity index (χ1) is 9.60. The fraction of sp³-hybridized carbons (Fsp3) is 0.133. The fourth-order valence-electron chi connectivity index (χ4n) is 1.75. The van der Waals surface area contributed by atoms with Crippen LogP contribution in [0.1, 0.15) is 5.56 Å². The van der Waals surface area contributed by atoms with Crippen molar-refractivity contribution in [3.05, 3.63) is 53.8 Å². The van der Waals surface area contributed by atoms with Gasteiger partial charge in [-0.1, -0.05) is 18.2 Å². The highest BCUT2D eigenvalue weighted by Gasteiger charge is 2.08. The van der Waals surface area contributed by atoms with Gasteiger partial charge in [-0.25, -0.2) is 9.18 Å². The number of benzene rings is 2. The first-order valence-corrected chi connectivity index (χ1v) is 6.07. The molecule has 2 N–H and O–H groups in total. The van der Waals surface area contributed by atoms with E-state index >= 15 is 0 Å². The molecular formula is C15H15FN2O2. The van der Waals surface area contributed by atoms with Gasteiger partial charge >= 0.3 is 6.03 Å². The number of carbonyl (C=O) groups excluding carboxylic acids is 1. The minimum atomic E-state index is -0.455. The number of hydrogen-bond acceptors (Lipinski definition) is 2. The van der Waals surface area contributed by atoms with Gasteiger partial charge in [-0.15, -0.1) is 0 Å². The third-order valence-corrected chi connectivity index (χ3v) is 2.80. The smallest absolute Gasteiger partial charge is 0.323 e. The van der Waals surface area contributed by atoms with Crippen LogP contribution < -0.4 is 15.4 Å². The quantitative estimate of drug-likeness (QED) is 0.894. The number of nitrogens with one attached hydrogen (secondary N) is 2. The zero-order valence-electron chi connectivity index (χ0n) is 11.2. The summed E-state index contributed by atoms with van der Waals surface area (Å²) in [6.07, 6.45) is 0. The Morgan fingerprint density at radius 2 is 1.80 bits per heavy atom. The van der Waals surface area contributed by atoms with Crippen molar-refractivity contribution in [2.24, 2.45) is 0 Å². The average Bonchev–Trinajstić information content (AvgIpc) is 2.43. The van der Waals surface area contributed by atoms with E-state index in [1.54, 1.807) is 37.3 Å². The van der Waals surface area contributed by atoms with Crippen LogP contribution in [0.4, 0.5) is 20.6 Å². The molecule has 20 heavy (non-hydrogen) atoms. The molecule has 0 aliphatic heterocycles. The van der Waals surface area contributed by atoms with Gasteiger partial charge in [0.1, 0.15) is 11.6 Å². The van der Waals surface area contributed by atoms with E-state index in [4.69, 9.17) is 4.74 Å². The van der Waals surface area contributed by atoms with Gasteiger partial charge in [0, 0.05) is 5.69 Å². The molecule has 4 nitrogen and oxygen atoms in total. The standard InChI is InChI=1S/C15H15FN2O2/c1-10-7-8-11(16)9-13(10)18-15(19)17-12-5-3-4-6-14(12)20-2/h3-9H,1-2H3,(H2,17,18,19). The molecule has 0 saturated carbocycles. The van der Waals surface area contributed by atoms with Crippen LogP contribution in [0.15, 0.2) is 42.5 Å². The number of urea groups is 1. The van der Waals surface area contributed by atoms with Crippen LogP contribution >= 0.6 is 0 Å². The van der Waals surface area contributed by atoms with E-state index in [2.05, 4.69) is 10.6 Å². The van der Waals surface area contributed by atoms with Crippen molar-refractivity contribution < 1.29 is 13.9 Å². The van der Waals surface area contributed by atoms with Crippen LogP contribution in [0.2, 0.25) is 0 Å². The van der Waals surface area contributed by atoms with Gasteiger partial charge in [0.15, 0.2) is 0 Å². The number of methoxy groups -OCH3 is 1. The van der Waals surface area contributed by atoms with E-state index in [-0.39, 0.29) is 0 Å². The number of hydrogen-bond donors (Lipinski definition) is 2. The Balaban J connectivity index is 2.11. The minimum Gasteiger partial charge on any atom is -0.495 e. The van der Waals surface area contributed by atoms with E-state index in [9.17, 15) is 9.18 Å². The van der Waals surface area contributed by atoms with E-state index < -0.39 is 11.8 Å². The highest BCUT2D eigenvalue weighted by molar-refractivity contribution is 6.01. The van der Waals surface area contributed by atoms with E-state index in [1.807, 2.05) is 0 Å². The van der Waals surface area contributed by atoms with Crippen LogP contribution in [-0.2, 0) is 0 Å². The summed E-state index contributed by atoms with van der Waals surface area (Å²) in [4.78, 5) is 11.9. The molecule has 2 aromatic carbocycles. The van der Waals surface area contributed by atoms with Crippen molar-refractivity contribution >= 4 is 17.4 Å². The first-order valence-electron chi connectivity index (χ1n) is 6.07. The summed E-state index contributed by atoms with van der Waals surface area (Å²) in [6, 6.07) is 10.8. The molecule has 0 aliphatic rings. The van der Waals surface area contributed by atoms with Gasteiger partial charge < -0.3 is 15.4 Å². The molecule has 0 radical (unpaired) electrons. The second kappa shape index (κ2) is 6.06. The molecule has 0 atom stereocenters. The second-order valence-corrected chi connectivity index (χ2v) is 4.24. The van der Waals surface area contributed by atoms with Crippen LogP contribution in [-0.4, -0.2) is 13.1 Å². The normalized spacial score (nSPS) is 9.95. The maximum Gasteiger partial charge on any atom is 0.323 e. The molecule has 0 unspecified atom stereocenters. The molecule has 0 heterocycles. The number of aryl methyl sites for hydroxylation is 1. The monoisotopic (exact) mass is 274 g/mol. The summed E-state index contributed by atoms with van der Waals surface area (Å²) in [5, 5.41) is 5.26. The molecule has 2 amide bonds. The number of anilines is 2. The lowest BCUT2D eigenvalue weighted by Gasteiger charge is -2.12. The van der Waals surface area contributed by atoms with Gasteiger partial charge in [0.2, 0.25) is 0 Å². The summed E-state index contributed by atoms with van der Waals surface area (Å²) < 4.78 is 18.3. The highest BCUT2D eigenvalue weighted by atomic mass is 19.1. The molecule has 0 spiro atoms. The number of rotatable bonds is 3. The summed E-state index contributed by atoms with van der Waals surface area (Å²) in [7, 11) is 1.52. The Morgan fingerprint density at radius 3 is 2.55 bits per heavy atom. The Kier molecular flexibility index (Phi) is 4.20. The summed E-state index contributed by atoms with van der Waals surface area (Å²) in [6.45, 7) is 1.79. The third kappa shape index (κ3) is 3.26. The lowest BCUT2D eigenvalue weighted by molar-refractivity contribution is 0.262. The zero-order chi connectivity index (χ0) is 14.5. The second-order valence-electron chi connectivity index (χ2n) is 4.24. The maximum atomic E-state index is 13.2. The van der Waals surface area contributed by atoms with Crippen LogP contribution in [0, 0.1) is 12.7 Å². The van der Waals surface area contributed by atoms with Gasteiger partial charge in [0.25, 0.3) is 0 Å². The number of ether oxygens (including phenoxy) is 1. The first kappa shape index (κ1) is 13.9. The van der Waals surface area contributed by atoms with Gasteiger partial charge in [0.05, 0.1) is 12.8 Å². The van der Waals surface area contributed by atoms with E-state index in [0.29, 0.717) is 17.1 Å². The molecule has 0 fully saturated rings. The Hall–Kier alpha value is -2.56. The maximum absolute atomic E-state index is 13.2. The number of halogens is 1. The number of amides is 2. The van der Waals surface area contributed by atoms with Crippen LogP contribution in [0.5, 0.6) is 5.75 Å². The largest absolute Gasteiger partial charge is 0.495 e. The van der Waals surface area contributed by atoms with Crippen molar-refractivity contribution in [2.75, 3.05) is 17.7 Å². The number of para-hydroxylation sites is 2. The van der Waals surface area contributed by atoms with Gasteiger partial charge in [-0.3, -0.25) is 0 Å². The van der Waals surface area contributed by atoms with Crippen molar-refractivity contribution in [1.82, 2.24) is 0 Å². The molecule has 2 aromatic rings. The molecule has 0 aromatic heterocycles. The lowest BCUT2D eigenvalue weighted by Crippen LogP contribution is -2.20. The third-order valence-electron chi connectivity index (χ3n) is 2.80. The molecule has 0 bridgehead atoms. The van der Waals surface area contributed by atoms with Gasteiger partial charge in [-0.05, 0) is 36.8 Å². The predicted octanol–water partition coefficient (Wildman–Crippen LogP) is 3.79. The van der Waals surface area contributed by atoms with Crippen LogP contribution in [0.25, 0.3) is 0 Å². The molecular weight excluding hydrogens is 259 g/mol. The topological polar surface area (TPSA) is 50.4 Å². The van der Waals surface area contributed by atoms with Gasteiger partial charge in [-0.2, -0.15) is 0 Å². The molecule has 104 valence electrons. The Bertz CT molecular complexity index is 629. The summed E-state index contributed by atoms with van der Waals surface area (Å²) in [5.41, 5.74) is 1.75.